The van der Waals surface area contributed by atoms with Gasteiger partial charge in [-0.05, 0) is 67.4 Å². The summed E-state index contributed by atoms with van der Waals surface area (Å²) in [6.07, 6.45) is 0. The van der Waals surface area contributed by atoms with Crippen LogP contribution in [0.25, 0.3) is 0 Å². The highest BCUT2D eigenvalue weighted by atomic mass is 35.5. The van der Waals surface area contributed by atoms with E-state index in [2.05, 4.69) is 35.9 Å². The third kappa shape index (κ3) is 6.71. The molecule has 0 aromatic heterocycles. The van der Waals surface area contributed by atoms with Crippen LogP contribution in [0.15, 0.2) is 72.8 Å². The lowest BCUT2D eigenvalue weighted by Crippen LogP contribution is -2.56. The summed E-state index contributed by atoms with van der Waals surface area (Å²) in [7, 11) is 0. The van der Waals surface area contributed by atoms with Crippen molar-refractivity contribution in [2.75, 3.05) is 31.1 Å². The Morgan fingerprint density at radius 2 is 1.81 bits per heavy atom. The van der Waals surface area contributed by atoms with Crippen LogP contribution in [0.4, 0.5) is 5.69 Å². The van der Waals surface area contributed by atoms with Gasteiger partial charge in [-0.2, -0.15) is 0 Å². The molecule has 0 radical (unpaired) electrons. The summed E-state index contributed by atoms with van der Waals surface area (Å²) < 4.78 is 5.83. The largest absolute Gasteiger partial charge is 0.508 e. The normalized spacial score (nSPS) is 17.1. The Morgan fingerprint density at radius 3 is 2.47 bits per heavy atom. The van der Waals surface area contributed by atoms with E-state index >= 15 is 0 Å². The number of hydrogen-bond acceptors (Lipinski definition) is 5. The maximum absolute atomic E-state index is 13.0. The molecule has 3 aromatic rings. The van der Waals surface area contributed by atoms with E-state index in [-0.39, 0.29) is 17.7 Å². The average Bonchev–Trinajstić information content (AvgIpc) is 2.84. The predicted octanol–water partition coefficient (Wildman–Crippen LogP) is 5.80. The molecule has 0 spiro atoms. The van der Waals surface area contributed by atoms with Crippen molar-refractivity contribution in [1.29, 1.82) is 0 Å². The number of nitrogens with one attached hydrogen (secondary N) is 1. The van der Waals surface area contributed by atoms with Crippen LogP contribution < -0.4 is 15.0 Å². The molecule has 2 atom stereocenters. The van der Waals surface area contributed by atoms with Crippen molar-refractivity contribution in [2.24, 2.45) is 5.92 Å². The first-order valence-electron chi connectivity index (χ1n) is 12.4. The van der Waals surface area contributed by atoms with Crippen molar-refractivity contribution < 1.29 is 14.6 Å². The smallest absolute Gasteiger partial charge is 0.251 e. The zero-order valence-electron chi connectivity index (χ0n) is 21.0. The summed E-state index contributed by atoms with van der Waals surface area (Å²) in [5.41, 5.74) is 1.64. The maximum atomic E-state index is 13.0. The van der Waals surface area contributed by atoms with E-state index < -0.39 is 0 Å². The fourth-order valence-corrected chi connectivity index (χ4v) is 4.73. The molecule has 7 heteroatoms. The van der Waals surface area contributed by atoms with Crippen molar-refractivity contribution in [3.63, 3.8) is 0 Å². The molecule has 1 aliphatic heterocycles. The molecule has 0 unspecified atom stereocenters. The third-order valence-electron chi connectivity index (χ3n) is 6.60. The lowest BCUT2D eigenvalue weighted by molar-refractivity contribution is 0.0903. The molecule has 36 heavy (non-hydrogen) atoms. The van der Waals surface area contributed by atoms with Gasteiger partial charge in [0.1, 0.15) is 17.2 Å². The van der Waals surface area contributed by atoms with E-state index in [4.69, 9.17) is 16.3 Å². The second-order valence-electron chi connectivity index (χ2n) is 9.73. The Kier molecular flexibility index (Phi) is 8.39. The Labute approximate surface area is 218 Å². The molecule has 1 heterocycles. The zero-order chi connectivity index (χ0) is 25.7. The van der Waals surface area contributed by atoms with Gasteiger partial charge in [0.05, 0.1) is 0 Å². The van der Waals surface area contributed by atoms with Crippen LogP contribution in [0, 0.1) is 5.92 Å². The van der Waals surface area contributed by atoms with E-state index in [9.17, 15) is 9.90 Å². The first-order valence-corrected chi connectivity index (χ1v) is 12.8. The molecule has 2 N–H and O–H groups in total. The lowest BCUT2D eigenvalue weighted by atomic mass is 10.0. The van der Waals surface area contributed by atoms with Crippen LogP contribution in [-0.4, -0.2) is 54.2 Å². The first-order chi connectivity index (χ1) is 17.3. The summed E-state index contributed by atoms with van der Waals surface area (Å²) in [5.74, 6) is 1.78. The van der Waals surface area contributed by atoms with E-state index in [0.717, 1.165) is 31.9 Å². The van der Waals surface area contributed by atoms with Gasteiger partial charge in [0, 0.05) is 60.6 Å². The molecule has 1 fully saturated rings. The SMILES string of the molecule is CC(C)[C@@H](CN1CCN(c2cccc(O)c2)[C@@H](C)C1)NC(=O)c1ccc(Oc2cccc(Cl)c2)cc1. The van der Waals surface area contributed by atoms with E-state index in [1.165, 1.54) is 0 Å². The molecular weight excluding hydrogens is 474 g/mol. The maximum Gasteiger partial charge on any atom is 0.251 e. The predicted molar refractivity (Wildman–Crippen MR) is 145 cm³/mol. The van der Waals surface area contributed by atoms with Gasteiger partial charge < -0.3 is 20.1 Å². The Balaban J connectivity index is 1.33. The van der Waals surface area contributed by atoms with Crippen molar-refractivity contribution in [3.05, 3.63) is 83.4 Å². The van der Waals surface area contributed by atoms with Crippen LogP contribution in [0.5, 0.6) is 17.2 Å². The van der Waals surface area contributed by atoms with E-state index in [1.54, 1.807) is 42.5 Å². The minimum Gasteiger partial charge on any atom is -0.508 e. The Bertz CT molecular complexity index is 1170. The van der Waals surface area contributed by atoms with Crippen molar-refractivity contribution in [2.45, 2.75) is 32.9 Å². The molecule has 1 aliphatic rings. The van der Waals surface area contributed by atoms with Gasteiger partial charge in [-0.1, -0.05) is 37.6 Å². The van der Waals surface area contributed by atoms with Crippen molar-refractivity contribution >= 4 is 23.2 Å². The second-order valence-corrected chi connectivity index (χ2v) is 10.2. The van der Waals surface area contributed by atoms with Gasteiger partial charge in [-0.25, -0.2) is 0 Å². The number of halogens is 1. The van der Waals surface area contributed by atoms with Crippen LogP contribution in [0.1, 0.15) is 31.1 Å². The van der Waals surface area contributed by atoms with Crippen LogP contribution in [-0.2, 0) is 0 Å². The number of aromatic hydroxyl groups is 1. The number of amides is 1. The number of nitrogens with zero attached hydrogens (tertiary/aromatic N) is 2. The molecule has 0 bridgehead atoms. The van der Waals surface area contributed by atoms with Crippen molar-refractivity contribution in [3.8, 4) is 17.2 Å². The van der Waals surface area contributed by atoms with Gasteiger partial charge in [-0.3, -0.25) is 9.69 Å². The molecular formula is C29H34ClN3O3. The molecule has 0 saturated carbocycles. The van der Waals surface area contributed by atoms with E-state index in [1.807, 2.05) is 30.3 Å². The number of ether oxygens (including phenoxy) is 1. The molecule has 6 nitrogen and oxygen atoms in total. The number of carbonyl (C=O) groups is 1. The van der Waals surface area contributed by atoms with Gasteiger partial charge in [-0.15, -0.1) is 0 Å². The number of hydrogen-bond donors (Lipinski definition) is 2. The number of piperazine rings is 1. The van der Waals surface area contributed by atoms with Gasteiger partial charge in [0.2, 0.25) is 0 Å². The molecule has 4 rings (SSSR count). The Morgan fingerprint density at radius 1 is 1.06 bits per heavy atom. The highest BCUT2D eigenvalue weighted by Crippen LogP contribution is 2.26. The first kappa shape index (κ1) is 25.9. The number of phenolic OH excluding ortho intramolecular Hbond substituents is 1. The molecule has 1 amide bonds. The number of phenols is 1. The molecule has 1 saturated heterocycles. The standard InChI is InChI=1S/C29H34ClN3O3/c1-20(2)28(19-32-14-15-33(21(3)18-32)24-7-5-8-25(34)17-24)31-29(35)22-10-12-26(13-11-22)36-27-9-4-6-23(30)16-27/h4-13,16-17,20-21,28,34H,14-15,18-19H2,1-3H3,(H,31,35)/t21-,28+/m0/s1. The monoisotopic (exact) mass is 507 g/mol. The summed E-state index contributed by atoms with van der Waals surface area (Å²) in [4.78, 5) is 17.8. The quantitative estimate of drug-likeness (QED) is 0.403. The summed E-state index contributed by atoms with van der Waals surface area (Å²) in [6, 6.07) is 22.1. The minimum atomic E-state index is -0.0885. The van der Waals surface area contributed by atoms with Gasteiger partial charge in [0.15, 0.2) is 0 Å². The van der Waals surface area contributed by atoms with E-state index in [0.29, 0.717) is 34.0 Å². The summed E-state index contributed by atoms with van der Waals surface area (Å²) in [5, 5.41) is 13.7. The fourth-order valence-electron chi connectivity index (χ4n) is 4.55. The Hall–Kier alpha value is -3.22. The second kappa shape index (κ2) is 11.7. The lowest BCUT2D eigenvalue weighted by Gasteiger charge is -2.42. The topological polar surface area (TPSA) is 65.0 Å². The minimum absolute atomic E-state index is 0.0272. The third-order valence-corrected chi connectivity index (χ3v) is 6.83. The summed E-state index contributed by atoms with van der Waals surface area (Å²) >= 11 is 6.02. The summed E-state index contributed by atoms with van der Waals surface area (Å²) in [6.45, 7) is 9.93. The number of anilines is 1. The number of carbonyl (C=O) groups excluding carboxylic acids is 1. The van der Waals surface area contributed by atoms with Crippen molar-refractivity contribution in [1.82, 2.24) is 10.2 Å². The van der Waals surface area contributed by atoms with Gasteiger partial charge >= 0.3 is 0 Å². The fraction of sp³-hybridized carbons (Fsp3) is 0.345. The number of benzene rings is 3. The highest BCUT2D eigenvalue weighted by Gasteiger charge is 2.27. The molecule has 190 valence electrons. The molecule has 0 aliphatic carbocycles. The van der Waals surface area contributed by atoms with Crippen LogP contribution in [0.3, 0.4) is 0 Å². The number of rotatable bonds is 8. The average molecular weight is 508 g/mol. The highest BCUT2D eigenvalue weighted by molar-refractivity contribution is 6.30. The zero-order valence-corrected chi connectivity index (χ0v) is 21.8. The van der Waals surface area contributed by atoms with Crippen LogP contribution >= 0.6 is 11.6 Å². The van der Waals surface area contributed by atoms with Crippen LogP contribution in [0.2, 0.25) is 5.02 Å². The van der Waals surface area contributed by atoms with Gasteiger partial charge in [0.25, 0.3) is 5.91 Å². The molecule has 3 aromatic carbocycles.